The number of ether oxygens (including phenoxy) is 12. The third-order valence-electron chi connectivity index (χ3n) is 25.6. The van der Waals surface area contributed by atoms with E-state index in [4.69, 9.17) is 61.8 Å². The topological polar surface area (TPSA) is 570 Å². The Morgan fingerprint density at radius 2 is 0.856 bits per heavy atom. The summed E-state index contributed by atoms with van der Waals surface area (Å²) in [5.74, 6) is -1.69. The molecule has 42 nitrogen and oxygen atoms in total. The van der Waals surface area contributed by atoms with Crippen molar-refractivity contribution in [2.45, 2.75) is 300 Å². The molecule has 3 fully saturated rings. The zero-order valence-corrected chi connectivity index (χ0v) is 85.7. The number of amides is 7. The van der Waals surface area contributed by atoms with Crippen molar-refractivity contribution in [2.75, 3.05) is 172 Å². The van der Waals surface area contributed by atoms with E-state index in [9.17, 15) is 89.1 Å². The van der Waals surface area contributed by atoms with E-state index in [0.29, 0.717) is 102 Å². The molecule has 5 aromatic rings. The molecule has 0 bridgehead atoms. The number of ketones is 2. The number of hydrogen-bond acceptors (Lipinski definition) is 33. The number of carbonyl (C=O) groups is 9. The van der Waals surface area contributed by atoms with Crippen LogP contribution in [0.4, 0.5) is 0 Å². The van der Waals surface area contributed by atoms with E-state index >= 15 is 0 Å². The van der Waals surface area contributed by atoms with Crippen LogP contribution < -0.4 is 31.9 Å². The van der Waals surface area contributed by atoms with E-state index < -0.39 is 99.0 Å². The van der Waals surface area contributed by atoms with Crippen LogP contribution in [0.2, 0.25) is 0 Å². The normalized spacial score (nSPS) is 19.6. The van der Waals surface area contributed by atoms with Gasteiger partial charge >= 0.3 is 0 Å². The molecule has 0 aliphatic carbocycles. The first-order valence-electron chi connectivity index (χ1n) is 52.3. The first kappa shape index (κ1) is 122. The minimum atomic E-state index is -1.23. The molecule has 7 amide bonds. The summed E-state index contributed by atoms with van der Waals surface area (Å²) in [7, 11) is 1.80. The lowest BCUT2D eigenvalue weighted by molar-refractivity contribution is -0.257. The van der Waals surface area contributed by atoms with Gasteiger partial charge in [0.1, 0.15) is 42.4 Å². The number of fused-ring (bicyclic) bond motifs is 1. The van der Waals surface area contributed by atoms with Gasteiger partial charge in [0, 0.05) is 185 Å². The molecule has 3 saturated heterocycles. The average Bonchev–Trinajstić information content (AvgIpc) is 1.62. The predicted molar refractivity (Wildman–Crippen MR) is 536 cm³/mol. The summed E-state index contributed by atoms with van der Waals surface area (Å²) in [5.41, 5.74) is 6.24. The summed E-state index contributed by atoms with van der Waals surface area (Å²) in [6.45, 7) is 7.74. The van der Waals surface area contributed by atoms with E-state index in [0.717, 1.165) is 83.8 Å². The van der Waals surface area contributed by atoms with E-state index in [1.54, 1.807) is 36.5 Å². The molecule has 12 atom stereocenters. The molecule has 2 aromatic carbocycles. The van der Waals surface area contributed by atoms with Gasteiger partial charge in [-0.15, -0.1) is 0 Å². The first-order chi connectivity index (χ1) is 70.7. The van der Waals surface area contributed by atoms with Gasteiger partial charge in [0.25, 0.3) is 0 Å². The lowest BCUT2D eigenvalue weighted by atomic mass is 9.84. The molecular weight excluding hydrogens is 1900 g/mol. The zero-order valence-electron chi connectivity index (χ0n) is 85.7. The van der Waals surface area contributed by atoms with Crippen LogP contribution in [0.15, 0.2) is 73.3 Å². The van der Waals surface area contributed by atoms with Crippen molar-refractivity contribution in [3.8, 4) is 11.1 Å². The van der Waals surface area contributed by atoms with Crippen molar-refractivity contribution in [1.29, 1.82) is 0 Å². The number of benzene rings is 2. The van der Waals surface area contributed by atoms with Crippen molar-refractivity contribution >= 4 is 64.0 Å². The lowest BCUT2D eigenvalue weighted by Gasteiger charge is -2.36. The Labute approximate surface area is 856 Å². The minimum Gasteiger partial charge on any atom is -0.394 e. The van der Waals surface area contributed by atoms with Crippen molar-refractivity contribution < 1.29 is 146 Å². The maximum Gasteiger partial charge on any atom is 0.228 e. The van der Waals surface area contributed by atoms with Crippen LogP contribution in [0.1, 0.15) is 232 Å². The number of aryl methyl sites for hydroxylation is 2. The van der Waals surface area contributed by atoms with Gasteiger partial charge in [0.05, 0.1) is 148 Å². The van der Waals surface area contributed by atoms with Gasteiger partial charge in [0.2, 0.25) is 47.1 Å². The fourth-order valence-electron chi connectivity index (χ4n) is 16.9. The highest BCUT2D eigenvalue weighted by atomic mass is 16.7. The molecule has 0 spiro atoms. The number of unbranched alkanes of at least 4 members (excludes halogenated alkanes) is 12. The average molecular weight is 2060 g/mol. The van der Waals surface area contributed by atoms with Crippen LogP contribution in [0.5, 0.6) is 0 Å². The Hall–Kier alpha value is -8.94. The SMILES string of the molecule is Cc1ccc(C)c(Cn2c(C(=O)c3ccncc3)nc3ccc(-c4cnn(CCOCCCCCCCCCCCCN(C)C(=O)CCOCCOCCC(=O)CC(COCCC(=O)NCCCNC(=O)CCCCO[C@H]5C[C@@H](O)[C@@H](O)[C@@H](CO)O5)(COCCC(=O)NCCCNC(=O)CCCCO[C@H]5C[C@@H](O)[C@@H](O)[C@@H](CO)O5)COCCC(=O)NCCCNC(=O)CCCCO[C@H]5C[C@@H](O)[C@@H](O)[C@@H](CO)O5)c4)cc32)c1. The van der Waals surface area contributed by atoms with Gasteiger partial charge in [-0.2, -0.15) is 5.10 Å². The number of pyridine rings is 1. The monoisotopic (exact) mass is 2060 g/mol. The fourth-order valence-corrected chi connectivity index (χ4v) is 16.9. The predicted octanol–water partition coefficient (Wildman–Crippen LogP) is 4.46. The molecule has 0 radical (unpaired) electrons. The molecule has 146 heavy (non-hydrogen) atoms. The molecular formula is C104H164N12O30. The van der Waals surface area contributed by atoms with Gasteiger partial charge in [0.15, 0.2) is 24.7 Å². The fraction of sp³-hybridized carbons (Fsp3) is 0.712. The van der Waals surface area contributed by atoms with Crippen LogP contribution in [0, 0.1) is 19.3 Å². The van der Waals surface area contributed by atoms with E-state index in [1.807, 2.05) is 33.8 Å². The van der Waals surface area contributed by atoms with E-state index in [-0.39, 0.29) is 255 Å². The molecule has 3 aliphatic rings. The second-order valence-electron chi connectivity index (χ2n) is 37.9. The molecule has 8 rings (SSSR count). The molecule has 0 saturated carbocycles. The lowest BCUT2D eigenvalue weighted by Crippen LogP contribution is -2.50. The summed E-state index contributed by atoms with van der Waals surface area (Å²) in [6.07, 6.45) is 10.6. The maximum atomic E-state index is 14.2. The molecule has 3 aliphatic heterocycles. The summed E-state index contributed by atoms with van der Waals surface area (Å²) in [4.78, 5) is 129. The van der Waals surface area contributed by atoms with Gasteiger partial charge in [-0.25, -0.2) is 4.98 Å². The van der Waals surface area contributed by atoms with Crippen LogP contribution in [-0.4, -0.2) is 374 Å². The standard InChI is InChI=1S/C104H164N12O30/c1-74-26-27-75(2)78(59-74)67-116-82-60-77(28-29-81(82)113-103(116)99(131)76-30-43-105-44-31-76)79-65-112-115(66-79)46-56-135-47-16-11-9-7-5-4-6-8-10-15-45-114(3)95(130)36-55-137-58-57-136-51-32-80(120)64-104(71-138-52-33-92(127)109-40-20-37-106-89(124)23-12-17-48-141-96-61-83(121)100(132)86(68-117)144-96,72-139-53-34-93(128)110-41-21-38-107-90(125)24-13-18-49-142-97-62-84(122)101(133)87(69-118)145-97)73-140-54-35-94(129)111-42-22-39-108-91(126)25-14-19-50-143-98-63-85(123)102(134)88(70-119)146-98/h26-31,43-44,59-60,65-66,83-88,96-98,100-102,117-119,121-123,132-134H,4-25,32-42,45-58,61-64,67-73H2,1-3H3,(H,106,124)(H,107,125)(H,108,126)(H,109,127)(H,110,128)(H,111,129)/t83-,84-,85-,86-,87-,88-,96-,97-,98-,100-,101-,102-/m1/s1. The van der Waals surface area contributed by atoms with E-state index in [1.165, 1.54) is 19.3 Å². The number of nitrogens with zero attached hydrogens (tertiary/aromatic N) is 6. The van der Waals surface area contributed by atoms with Crippen molar-refractivity contribution in [2.24, 2.45) is 5.41 Å². The van der Waals surface area contributed by atoms with Gasteiger partial charge < -0.3 is 144 Å². The summed E-state index contributed by atoms with van der Waals surface area (Å²) in [5, 5.41) is 110. The molecule has 42 heteroatoms. The summed E-state index contributed by atoms with van der Waals surface area (Å²) in [6, 6.07) is 15.9. The molecule has 3 aromatic heterocycles. The van der Waals surface area contributed by atoms with Crippen LogP contribution in [0.3, 0.4) is 0 Å². The highest BCUT2D eigenvalue weighted by Crippen LogP contribution is 2.32. The van der Waals surface area contributed by atoms with E-state index in [2.05, 4.69) is 80.1 Å². The summed E-state index contributed by atoms with van der Waals surface area (Å²) >= 11 is 0. The third-order valence-corrected chi connectivity index (χ3v) is 25.6. The number of rotatable bonds is 80. The Kier molecular flexibility index (Phi) is 59.4. The number of aliphatic hydroxyl groups is 9. The van der Waals surface area contributed by atoms with Crippen LogP contribution in [-0.2, 0) is 108 Å². The number of imidazole rings is 1. The molecule has 820 valence electrons. The number of aromatic nitrogens is 5. The highest BCUT2D eigenvalue weighted by Gasteiger charge is 2.41. The van der Waals surface area contributed by atoms with Crippen molar-refractivity contribution in [3.63, 3.8) is 0 Å². The van der Waals surface area contributed by atoms with Gasteiger partial charge in [-0.1, -0.05) is 81.2 Å². The Balaban J connectivity index is 0.714. The summed E-state index contributed by atoms with van der Waals surface area (Å²) < 4.78 is 73.5. The largest absolute Gasteiger partial charge is 0.394 e. The highest BCUT2D eigenvalue weighted by molar-refractivity contribution is 6.08. The molecule has 0 unspecified atom stereocenters. The number of carbonyl (C=O) groups excluding carboxylic acids is 9. The maximum absolute atomic E-state index is 14.2. The van der Waals surface area contributed by atoms with Crippen molar-refractivity contribution in [1.82, 2.24) is 61.1 Å². The van der Waals surface area contributed by atoms with Crippen molar-refractivity contribution in [3.05, 3.63) is 101 Å². The number of aliphatic hydroxyl groups excluding tert-OH is 9. The Morgan fingerprint density at radius 1 is 0.438 bits per heavy atom. The van der Waals surface area contributed by atoms with Crippen LogP contribution in [0.25, 0.3) is 22.2 Å². The second-order valence-corrected chi connectivity index (χ2v) is 37.9. The zero-order chi connectivity index (χ0) is 105. The number of Topliss-reactive ketones (excluding diaryl/α,β-unsaturated/α-hetero) is 1. The quantitative estimate of drug-likeness (QED) is 0.0189. The number of nitrogens with one attached hydrogen (secondary N) is 6. The smallest absolute Gasteiger partial charge is 0.228 e. The van der Waals surface area contributed by atoms with Gasteiger partial charge in [-0.3, -0.25) is 52.8 Å². The second kappa shape index (κ2) is 70.9. The number of hydrogen-bond donors (Lipinski definition) is 15. The Bertz CT molecular complexity index is 4370. The van der Waals surface area contributed by atoms with Crippen LogP contribution >= 0.6 is 0 Å². The molecule has 6 heterocycles. The minimum absolute atomic E-state index is 0.0187. The molecule has 15 N–H and O–H groups in total. The Morgan fingerprint density at radius 3 is 1.32 bits per heavy atom. The first-order valence-corrected chi connectivity index (χ1v) is 52.3. The van der Waals surface area contributed by atoms with Gasteiger partial charge in [-0.05, 0) is 125 Å². The third kappa shape index (κ3) is 47.5.